The molecule has 4 rings (SSSR count). The lowest BCUT2D eigenvalue weighted by Gasteiger charge is -2.37. The molecule has 3 amide bonds. The van der Waals surface area contributed by atoms with Crippen molar-refractivity contribution in [2.75, 3.05) is 33.3 Å². The molecule has 2 bridgehead atoms. The average molecular weight is 526 g/mol. The Bertz CT molecular complexity index is 1020. The normalized spacial score (nSPS) is 27.7. The highest BCUT2D eigenvalue weighted by molar-refractivity contribution is 8.02. The molecule has 1 N–H and O–H groups in total. The lowest BCUT2D eigenvalue weighted by atomic mass is 9.70. The predicted molar refractivity (Wildman–Crippen MR) is 147 cm³/mol. The van der Waals surface area contributed by atoms with Gasteiger partial charge >= 0.3 is 0 Å². The number of unbranched alkanes of at least 4 members (excludes halogenated alkanes) is 2. The van der Waals surface area contributed by atoms with Gasteiger partial charge in [-0.25, -0.2) is 0 Å². The van der Waals surface area contributed by atoms with Crippen molar-refractivity contribution in [1.82, 2.24) is 14.7 Å². The van der Waals surface area contributed by atoms with Crippen molar-refractivity contribution in [1.29, 1.82) is 0 Å². The van der Waals surface area contributed by atoms with Crippen molar-refractivity contribution >= 4 is 29.5 Å². The Kier molecular flexibility index (Phi) is 8.80. The van der Waals surface area contributed by atoms with Crippen molar-refractivity contribution in [3.63, 3.8) is 0 Å². The minimum atomic E-state index is -0.611. The summed E-state index contributed by atoms with van der Waals surface area (Å²) < 4.78 is -0.596. The van der Waals surface area contributed by atoms with Crippen molar-refractivity contribution in [3.05, 3.63) is 61.2 Å². The summed E-state index contributed by atoms with van der Waals surface area (Å²) in [6, 6.07) is 9.24. The zero-order chi connectivity index (χ0) is 26.6. The lowest BCUT2D eigenvalue weighted by molar-refractivity contribution is -0.144. The number of likely N-dealkylation sites (N-methyl/N-ethyl adjacent to an activating group) is 1. The first kappa shape index (κ1) is 27.5. The highest BCUT2D eigenvalue weighted by Gasteiger charge is 2.73. The molecule has 1 aromatic rings. The van der Waals surface area contributed by atoms with Gasteiger partial charge in [-0.1, -0.05) is 42.5 Å². The number of aliphatic hydroxyl groups is 1. The van der Waals surface area contributed by atoms with Crippen LogP contribution in [0.4, 0.5) is 0 Å². The van der Waals surface area contributed by atoms with E-state index in [2.05, 4.69) is 13.2 Å². The molecule has 7 nitrogen and oxygen atoms in total. The third kappa shape index (κ3) is 5.10. The van der Waals surface area contributed by atoms with Crippen LogP contribution in [0.15, 0.2) is 55.6 Å². The molecule has 0 radical (unpaired) electrons. The average Bonchev–Trinajstić information content (AvgIpc) is 3.54. The number of thioether (sulfide) groups is 1. The van der Waals surface area contributed by atoms with Crippen molar-refractivity contribution in [2.45, 2.75) is 54.7 Å². The molecule has 5 atom stereocenters. The Hall–Kier alpha value is -2.58. The van der Waals surface area contributed by atoms with Crippen LogP contribution in [-0.2, 0) is 20.9 Å². The van der Waals surface area contributed by atoms with Gasteiger partial charge in [0.05, 0.1) is 16.6 Å². The van der Waals surface area contributed by atoms with Crippen LogP contribution in [0.3, 0.4) is 0 Å². The summed E-state index contributed by atoms with van der Waals surface area (Å²) in [4.78, 5) is 47.2. The van der Waals surface area contributed by atoms with Crippen LogP contribution in [0.2, 0.25) is 0 Å². The maximum atomic E-state index is 14.3. The highest BCUT2D eigenvalue weighted by Crippen LogP contribution is 2.66. The Balaban J connectivity index is 1.68. The second-order valence-corrected chi connectivity index (χ2v) is 12.0. The standard InChI is InChI=1S/C29H39N3O4S/c1-4-16-30(3)26(34)23-22-14-15-29(37-22)24(23)27(35)32(18-10-7-11-19-33)25(29)28(36)31(17-5-2)20-21-12-8-6-9-13-21/h4-6,8-9,12-13,22-25,33H,1-2,7,10-11,14-20H2,3H3/t22-,23+,24-,25?,29?/m0/s1. The third-order valence-electron chi connectivity index (χ3n) is 8.03. The van der Waals surface area contributed by atoms with E-state index in [-0.39, 0.29) is 29.6 Å². The highest BCUT2D eigenvalue weighted by atomic mass is 32.2. The number of hydrogen-bond donors (Lipinski definition) is 1. The number of likely N-dealkylation sites (tertiary alicyclic amines) is 1. The molecule has 3 aliphatic rings. The zero-order valence-corrected chi connectivity index (χ0v) is 22.6. The van der Waals surface area contributed by atoms with Crippen molar-refractivity contribution < 1.29 is 19.5 Å². The molecule has 200 valence electrons. The van der Waals surface area contributed by atoms with Gasteiger partial charge in [-0.2, -0.15) is 0 Å². The molecule has 0 saturated carbocycles. The number of amides is 3. The first-order valence-corrected chi connectivity index (χ1v) is 14.2. The minimum Gasteiger partial charge on any atom is -0.396 e. The topological polar surface area (TPSA) is 81.2 Å². The van der Waals surface area contributed by atoms with Crippen LogP contribution in [0.5, 0.6) is 0 Å². The monoisotopic (exact) mass is 525 g/mol. The van der Waals surface area contributed by atoms with Gasteiger partial charge in [0.15, 0.2) is 0 Å². The molecule has 3 heterocycles. The molecule has 3 aliphatic heterocycles. The Morgan fingerprint density at radius 1 is 1.14 bits per heavy atom. The fourth-order valence-corrected chi connectivity index (χ4v) is 8.63. The fourth-order valence-electron chi connectivity index (χ4n) is 6.43. The number of hydrogen-bond acceptors (Lipinski definition) is 5. The van der Waals surface area contributed by atoms with E-state index < -0.39 is 22.6 Å². The van der Waals surface area contributed by atoms with Gasteiger partial charge in [0, 0.05) is 45.1 Å². The van der Waals surface area contributed by atoms with Gasteiger partial charge in [0.25, 0.3) is 0 Å². The van der Waals surface area contributed by atoms with E-state index in [1.807, 2.05) is 30.3 Å². The third-order valence-corrected chi connectivity index (χ3v) is 9.98. The summed E-state index contributed by atoms with van der Waals surface area (Å²) in [6.07, 6.45) is 7.16. The number of nitrogens with zero attached hydrogens (tertiary/aromatic N) is 3. The SMILES string of the molecule is C=CCN(C)C(=O)[C@@H]1[C@@H]2CCC3(S2)C(C(=O)N(CC=C)Cc2ccccc2)N(CCCCCO)C(=O)[C@H]13. The van der Waals surface area contributed by atoms with E-state index in [1.54, 1.807) is 45.7 Å². The molecule has 3 fully saturated rings. The summed E-state index contributed by atoms with van der Waals surface area (Å²) in [5.41, 5.74) is 1.02. The molecule has 1 aromatic carbocycles. The van der Waals surface area contributed by atoms with Gasteiger partial charge in [0.1, 0.15) is 6.04 Å². The molecule has 0 aliphatic carbocycles. The summed E-state index contributed by atoms with van der Waals surface area (Å²) in [7, 11) is 1.76. The predicted octanol–water partition coefficient (Wildman–Crippen LogP) is 3.10. The van der Waals surface area contributed by atoms with Gasteiger partial charge in [-0.3, -0.25) is 14.4 Å². The van der Waals surface area contributed by atoms with E-state index in [1.165, 1.54) is 0 Å². The summed E-state index contributed by atoms with van der Waals surface area (Å²) in [5.74, 6) is -1.08. The number of carbonyl (C=O) groups is 3. The van der Waals surface area contributed by atoms with Gasteiger partial charge < -0.3 is 19.8 Å². The largest absolute Gasteiger partial charge is 0.396 e. The molecule has 3 saturated heterocycles. The second kappa shape index (κ2) is 11.9. The van der Waals surface area contributed by atoms with Crippen LogP contribution >= 0.6 is 11.8 Å². The molecule has 0 aromatic heterocycles. The Morgan fingerprint density at radius 3 is 2.54 bits per heavy atom. The first-order chi connectivity index (χ1) is 17.9. The zero-order valence-electron chi connectivity index (χ0n) is 21.8. The van der Waals surface area contributed by atoms with Gasteiger partial charge in [0.2, 0.25) is 17.7 Å². The number of benzene rings is 1. The number of fused-ring (bicyclic) bond motifs is 1. The molecular formula is C29H39N3O4S. The number of rotatable bonds is 13. The molecule has 37 heavy (non-hydrogen) atoms. The summed E-state index contributed by atoms with van der Waals surface area (Å²) in [6.45, 7) is 9.45. The van der Waals surface area contributed by atoms with E-state index in [0.717, 1.165) is 24.8 Å². The van der Waals surface area contributed by atoms with Crippen LogP contribution in [0.25, 0.3) is 0 Å². The second-order valence-electron chi connectivity index (χ2n) is 10.4. The number of carbonyl (C=O) groups excluding carboxylic acids is 3. The van der Waals surface area contributed by atoms with Crippen LogP contribution in [-0.4, -0.2) is 86.9 Å². The van der Waals surface area contributed by atoms with Gasteiger partial charge in [-0.15, -0.1) is 24.9 Å². The Morgan fingerprint density at radius 2 is 1.86 bits per heavy atom. The van der Waals surface area contributed by atoms with Crippen LogP contribution < -0.4 is 0 Å². The molecule has 1 spiro atoms. The lowest BCUT2D eigenvalue weighted by Crippen LogP contribution is -2.54. The molecule has 2 unspecified atom stereocenters. The van der Waals surface area contributed by atoms with Crippen molar-refractivity contribution in [2.24, 2.45) is 11.8 Å². The van der Waals surface area contributed by atoms with E-state index >= 15 is 0 Å². The Labute approximate surface area is 224 Å². The van der Waals surface area contributed by atoms with Crippen LogP contribution in [0, 0.1) is 11.8 Å². The summed E-state index contributed by atoms with van der Waals surface area (Å²) in [5, 5.41) is 9.27. The van der Waals surface area contributed by atoms with Crippen molar-refractivity contribution in [3.8, 4) is 0 Å². The molecular weight excluding hydrogens is 486 g/mol. The van der Waals surface area contributed by atoms with E-state index in [0.29, 0.717) is 39.0 Å². The summed E-state index contributed by atoms with van der Waals surface area (Å²) >= 11 is 1.70. The fraction of sp³-hybridized carbons (Fsp3) is 0.552. The maximum absolute atomic E-state index is 14.3. The smallest absolute Gasteiger partial charge is 0.247 e. The van der Waals surface area contributed by atoms with Crippen LogP contribution in [0.1, 0.15) is 37.7 Å². The number of aliphatic hydroxyl groups excluding tert-OH is 1. The first-order valence-electron chi connectivity index (χ1n) is 13.3. The maximum Gasteiger partial charge on any atom is 0.247 e. The van der Waals surface area contributed by atoms with Gasteiger partial charge in [-0.05, 0) is 37.7 Å². The minimum absolute atomic E-state index is 0.0297. The quantitative estimate of drug-likeness (QED) is 0.316. The van der Waals surface area contributed by atoms with E-state index in [4.69, 9.17) is 0 Å². The van der Waals surface area contributed by atoms with E-state index in [9.17, 15) is 19.5 Å². The molecule has 8 heteroatoms.